The van der Waals surface area contributed by atoms with E-state index in [-0.39, 0.29) is 24.0 Å². The molecule has 5 nitrogen and oxygen atoms in total. The molecule has 1 aliphatic heterocycles. The molecule has 7 heteroatoms. The SMILES string of the molecule is CN=C(NCCc1cccs1)NCc1ccc(CN2CCOCC2)cc1.I. The molecule has 3 rings (SSSR count). The summed E-state index contributed by atoms with van der Waals surface area (Å²) in [5.74, 6) is 0.846. The van der Waals surface area contributed by atoms with E-state index in [0.29, 0.717) is 0 Å². The van der Waals surface area contributed by atoms with Crippen molar-refractivity contribution >= 4 is 41.3 Å². The van der Waals surface area contributed by atoms with Crippen LogP contribution in [-0.2, 0) is 24.2 Å². The summed E-state index contributed by atoms with van der Waals surface area (Å²) in [6, 6.07) is 13.1. The molecule has 0 amide bonds. The Hall–Kier alpha value is -1.16. The number of thiophene rings is 1. The molecule has 1 fully saturated rings. The summed E-state index contributed by atoms with van der Waals surface area (Å²) in [4.78, 5) is 8.13. The second-order valence-corrected chi connectivity index (χ2v) is 7.42. The molecule has 0 spiro atoms. The first-order chi connectivity index (χ1) is 12.8. The van der Waals surface area contributed by atoms with Gasteiger partial charge in [0.05, 0.1) is 13.2 Å². The average molecular weight is 500 g/mol. The number of morpholine rings is 1. The lowest BCUT2D eigenvalue weighted by molar-refractivity contribution is 0.0342. The van der Waals surface area contributed by atoms with Crippen LogP contribution in [0.25, 0.3) is 0 Å². The third-order valence-corrected chi connectivity index (χ3v) is 5.40. The quantitative estimate of drug-likeness (QED) is 0.349. The number of hydrogen-bond acceptors (Lipinski definition) is 4. The fourth-order valence-corrected chi connectivity index (χ4v) is 3.65. The van der Waals surface area contributed by atoms with Crippen molar-refractivity contribution in [2.45, 2.75) is 19.5 Å². The lowest BCUT2D eigenvalue weighted by atomic mass is 10.1. The minimum Gasteiger partial charge on any atom is -0.379 e. The van der Waals surface area contributed by atoms with Crippen LogP contribution in [-0.4, -0.2) is 50.8 Å². The van der Waals surface area contributed by atoms with Gasteiger partial charge in [0.1, 0.15) is 0 Å². The van der Waals surface area contributed by atoms with Gasteiger partial charge in [-0.3, -0.25) is 9.89 Å². The molecule has 0 saturated carbocycles. The minimum atomic E-state index is 0. The molecule has 0 unspecified atom stereocenters. The monoisotopic (exact) mass is 500 g/mol. The summed E-state index contributed by atoms with van der Waals surface area (Å²) in [6.45, 7) is 6.41. The molecule has 1 aromatic heterocycles. The number of halogens is 1. The second-order valence-electron chi connectivity index (χ2n) is 6.39. The highest BCUT2D eigenvalue weighted by molar-refractivity contribution is 14.0. The van der Waals surface area contributed by atoms with Gasteiger partial charge in [0.15, 0.2) is 5.96 Å². The summed E-state index contributed by atoms with van der Waals surface area (Å²) < 4.78 is 5.40. The zero-order chi connectivity index (χ0) is 18.0. The third kappa shape index (κ3) is 7.77. The molecule has 0 radical (unpaired) electrons. The highest BCUT2D eigenvalue weighted by Gasteiger charge is 2.10. The Morgan fingerprint density at radius 2 is 1.85 bits per heavy atom. The van der Waals surface area contributed by atoms with E-state index in [1.807, 2.05) is 7.05 Å². The first kappa shape index (κ1) is 22.1. The number of aliphatic imine (C=N–C) groups is 1. The highest BCUT2D eigenvalue weighted by Crippen LogP contribution is 2.10. The molecule has 27 heavy (non-hydrogen) atoms. The van der Waals surface area contributed by atoms with E-state index in [4.69, 9.17) is 4.74 Å². The van der Waals surface area contributed by atoms with Crippen LogP contribution in [0.15, 0.2) is 46.8 Å². The van der Waals surface area contributed by atoms with E-state index < -0.39 is 0 Å². The van der Waals surface area contributed by atoms with Gasteiger partial charge in [0, 0.05) is 44.6 Å². The number of hydrogen-bond donors (Lipinski definition) is 2. The zero-order valence-corrected chi connectivity index (χ0v) is 19.0. The van der Waals surface area contributed by atoms with Crippen LogP contribution in [0.3, 0.4) is 0 Å². The van der Waals surface area contributed by atoms with Crippen LogP contribution in [0.4, 0.5) is 0 Å². The lowest BCUT2D eigenvalue weighted by Gasteiger charge is -2.26. The summed E-state index contributed by atoms with van der Waals surface area (Å²) in [6.07, 6.45) is 1.02. The van der Waals surface area contributed by atoms with Crippen LogP contribution in [0.5, 0.6) is 0 Å². The number of guanidine groups is 1. The van der Waals surface area contributed by atoms with Gasteiger partial charge in [-0.2, -0.15) is 0 Å². The molecule has 0 atom stereocenters. The molecule has 2 heterocycles. The summed E-state index contributed by atoms with van der Waals surface area (Å²) in [7, 11) is 1.81. The summed E-state index contributed by atoms with van der Waals surface area (Å²) >= 11 is 1.80. The van der Waals surface area contributed by atoms with Gasteiger partial charge in [-0.25, -0.2) is 0 Å². The van der Waals surface area contributed by atoms with Gasteiger partial charge in [0.25, 0.3) is 0 Å². The largest absolute Gasteiger partial charge is 0.379 e. The normalized spacial score (nSPS) is 15.2. The number of ether oxygens (including phenoxy) is 1. The number of nitrogens with zero attached hydrogens (tertiary/aromatic N) is 2. The Balaban J connectivity index is 0.00000261. The Labute approximate surface area is 183 Å². The zero-order valence-electron chi connectivity index (χ0n) is 15.8. The van der Waals surface area contributed by atoms with Gasteiger partial charge < -0.3 is 15.4 Å². The number of benzene rings is 1. The predicted molar refractivity (Wildman–Crippen MR) is 124 cm³/mol. The van der Waals surface area contributed by atoms with E-state index in [0.717, 1.165) is 58.3 Å². The topological polar surface area (TPSA) is 48.9 Å². The Morgan fingerprint density at radius 3 is 2.52 bits per heavy atom. The molecular formula is C20H29IN4OS. The number of rotatable bonds is 7. The van der Waals surface area contributed by atoms with Crippen molar-refractivity contribution in [1.29, 1.82) is 0 Å². The summed E-state index contributed by atoms with van der Waals surface area (Å²) in [5.41, 5.74) is 2.62. The molecule has 0 bridgehead atoms. The fraction of sp³-hybridized carbons (Fsp3) is 0.450. The van der Waals surface area contributed by atoms with Crippen LogP contribution in [0.2, 0.25) is 0 Å². The molecule has 148 valence electrons. The standard InChI is InChI=1S/C20H28N4OS.HI/c1-21-20(22-9-8-19-3-2-14-26-19)23-15-17-4-6-18(7-5-17)16-24-10-12-25-13-11-24;/h2-7,14H,8-13,15-16H2,1H3,(H2,21,22,23);1H. The van der Waals surface area contributed by atoms with Gasteiger partial charge >= 0.3 is 0 Å². The van der Waals surface area contributed by atoms with Crippen molar-refractivity contribution < 1.29 is 4.74 Å². The maximum absolute atomic E-state index is 5.40. The first-order valence-corrected chi connectivity index (χ1v) is 10.1. The first-order valence-electron chi connectivity index (χ1n) is 9.18. The molecule has 1 saturated heterocycles. The third-order valence-electron chi connectivity index (χ3n) is 4.46. The fourth-order valence-electron chi connectivity index (χ4n) is 2.95. The van der Waals surface area contributed by atoms with Crippen molar-refractivity contribution in [2.75, 3.05) is 39.9 Å². The Kier molecular flexibility index (Phi) is 10.1. The van der Waals surface area contributed by atoms with E-state index in [1.54, 1.807) is 11.3 Å². The van der Waals surface area contributed by atoms with Crippen molar-refractivity contribution in [3.63, 3.8) is 0 Å². The molecule has 1 aliphatic rings. The van der Waals surface area contributed by atoms with Crippen molar-refractivity contribution in [1.82, 2.24) is 15.5 Å². The Bertz CT molecular complexity index is 670. The van der Waals surface area contributed by atoms with Crippen molar-refractivity contribution in [3.05, 3.63) is 57.8 Å². The average Bonchev–Trinajstić information content (AvgIpc) is 3.20. The van der Waals surface area contributed by atoms with Gasteiger partial charge in [-0.1, -0.05) is 30.3 Å². The molecule has 0 aliphatic carbocycles. The second kappa shape index (κ2) is 12.3. The molecular weight excluding hydrogens is 471 g/mol. The van der Waals surface area contributed by atoms with Crippen molar-refractivity contribution in [3.8, 4) is 0 Å². The smallest absolute Gasteiger partial charge is 0.191 e. The number of nitrogens with one attached hydrogen (secondary N) is 2. The minimum absolute atomic E-state index is 0. The molecule has 2 N–H and O–H groups in total. The highest BCUT2D eigenvalue weighted by atomic mass is 127. The van der Waals surface area contributed by atoms with E-state index in [1.165, 1.54) is 16.0 Å². The van der Waals surface area contributed by atoms with Crippen LogP contribution in [0.1, 0.15) is 16.0 Å². The molecule has 2 aromatic rings. The summed E-state index contributed by atoms with van der Waals surface area (Å²) in [5, 5.41) is 8.87. The van der Waals surface area contributed by atoms with Gasteiger partial charge in [0.2, 0.25) is 0 Å². The van der Waals surface area contributed by atoms with Gasteiger partial charge in [-0.05, 0) is 29.0 Å². The van der Waals surface area contributed by atoms with E-state index in [9.17, 15) is 0 Å². The maximum Gasteiger partial charge on any atom is 0.191 e. The molecule has 1 aromatic carbocycles. The van der Waals surface area contributed by atoms with Crippen LogP contribution in [0, 0.1) is 0 Å². The predicted octanol–water partition coefficient (Wildman–Crippen LogP) is 3.11. The van der Waals surface area contributed by atoms with Gasteiger partial charge in [-0.15, -0.1) is 35.3 Å². The van der Waals surface area contributed by atoms with Crippen LogP contribution >= 0.6 is 35.3 Å². The van der Waals surface area contributed by atoms with Crippen LogP contribution < -0.4 is 10.6 Å². The Morgan fingerprint density at radius 1 is 1.11 bits per heavy atom. The van der Waals surface area contributed by atoms with E-state index in [2.05, 4.69) is 62.3 Å². The maximum atomic E-state index is 5.40. The van der Waals surface area contributed by atoms with Crippen molar-refractivity contribution in [2.24, 2.45) is 4.99 Å². The lowest BCUT2D eigenvalue weighted by Crippen LogP contribution is -2.37. The van der Waals surface area contributed by atoms with E-state index >= 15 is 0 Å².